The largest absolute Gasteiger partial charge is 0.480 e. The predicted octanol–water partition coefficient (Wildman–Crippen LogP) is 6.23. The van der Waals surface area contributed by atoms with Gasteiger partial charge >= 0.3 is 30.3 Å². The Labute approximate surface area is 412 Å². The van der Waals surface area contributed by atoms with Gasteiger partial charge in [0.2, 0.25) is 0 Å². The van der Waals surface area contributed by atoms with Gasteiger partial charge in [-0.25, -0.2) is 39.6 Å². The maximum absolute atomic E-state index is 11.9. The number of ether oxygens (including phenoxy) is 4. The monoisotopic (exact) mass is 1000 g/mol. The molecule has 0 saturated heterocycles. The standard InChI is InChI=1S/2C12H24N2O4.C10H19NO4.C10H19NO3.C2H7NO/c2*1-8(2)9(10(15)14(6)17-7)13-11(16)18-12(3,4)5;1-6(2)7(8(12)13)11-9(14)15-10(3,4)5;1-7(2)8(6-12)11-9(13)14-10(3,4)5;1-3-4-2/h2*8-9H,1-7H3,(H,13,16);6-7H,1-5H3,(H,11,14)(H,12,13);6-8H,1-5H3,(H,11,13);3H,1-2H3/t2*9-;7-;8-;/m0001./s1. The summed E-state index contributed by atoms with van der Waals surface area (Å²) in [7, 11) is 9.05. The molecule has 0 fully saturated rings. The fourth-order valence-electron chi connectivity index (χ4n) is 4.22. The van der Waals surface area contributed by atoms with Crippen molar-refractivity contribution in [2.24, 2.45) is 23.7 Å². The molecule has 23 nitrogen and oxygen atoms in total. The van der Waals surface area contributed by atoms with E-state index in [1.54, 1.807) is 111 Å². The summed E-state index contributed by atoms with van der Waals surface area (Å²) in [6, 6.07) is -2.75. The van der Waals surface area contributed by atoms with E-state index in [4.69, 9.17) is 33.7 Å². The molecule has 0 saturated carbocycles. The lowest BCUT2D eigenvalue weighted by molar-refractivity contribution is -0.172. The highest BCUT2D eigenvalue weighted by Crippen LogP contribution is 2.13. The van der Waals surface area contributed by atoms with Crippen LogP contribution in [0.5, 0.6) is 0 Å². The molecule has 69 heavy (non-hydrogen) atoms. The lowest BCUT2D eigenvalue weighted by Gasteiger charge is -2.27. The molecule has 0 aliphatic heterocycles. The van der Waals surface area contributed by atoms with Crippen molar-refractivity contribution in [3.63, 3.8) is 0 Å². The van der Waals surface area contributed by atoms with E-state index in [-0.39, 0.29) is 35.5 Å². The molecular formula is C46H93N7O16. The lowest BCUT2D eigenvalue weighted by Crippen LogP contribution is -2.51. The maximum atomic E-state index is 11.9. The molecule has 0 spiro atoms. The van der Waals surface area contributed by atoms with Crippen molar-refractivity contribution in [3.05, 3.63) is 0 Å². The number of nitrogens with one attached hydrogen (secondary N) is 5. The van der Waals surface area contributed by atoms with Crippen LogP contribution in [0.3, 0.4) is 0 Å². The molecule has 0 bridgehead atoms. The highest BCUT2D eigenvalue weighted by atomic mass is 16.7. The molecule has 23 heteroatoms. The number of hydrogen-bond acceptors (Lipinski definition) is 16. The van der Waals surface area contributed by atoms with E-state index in [0.29, 0.717) is 6.29 Å². The maximum Gasteiger partial charge on any atom is 0.408 e. The van der Waals surface area contributed by atoms with Gasteiger partial charge in [-0.2, -0.15) is 0 Å². The Balaban J connectivity index is -0.000000258. The number of carbonyl (C=O) groups is 8. The van der Waals surface area contributed by atoms with Crippen molar-refractivity contribution >= 4 is 48.4 Å². The number of rotatable bonds is 15. The van der Waals surface area contributed by atoms with Gasteiger partial charge in [0.25, 0.3) is 11.8 Å². The Morgan fingerprint density at radius 1 is 0.464 bits per heavy atom. The third-order valence-electron chi connectivity index (χ3n) is 7.74. The molecule has 6 N–H and O–H groups in total. The Bertz CT molecular complexity index is 1450. The van der Waals surface area contributed by atoms with Crippen LogP contribution in [0.4, 0.5) is 19.2 Å². The molecule has 0 unspecified atom stereocenters. The van der Waals surface area contributed by atoms with E-state index < -0.39 is 76.9 Å². The van der Waals surface area contributed by atoms with Crippen molar-refractivity contribution in [1.29, 1.82) is 0 Å². The number of nitrogens with zero attached hydrogens (tertiary/aromatic N) is 2. The number of likely N-dealkylation sites (N-methyl/N-ethyl adjacent to an activating group) is 2. The van der Waals surface area contributed by atoms with Crippen molar-refractivity contribution in [3.8, 4) is 0 Å². The van der Waals surface area contributed by atoms with E-state index in [0.717, 1.165) is 10.1 Å². The van der Waals surface area contributed by atoms with E-state index in [1.807, 2.05) is 41.5 Å². The molecular weight excluding hydrogens is 907 g/mol. The van der Waals surface area contributed by atoms with E-state index in [9.17, 15) is 38.4 Å². The van der Waals surface area contributed by atoms with Crippen LogP contribution < -0.4 is 26.7 Å². The number of carboxylic acids is 1. The zero-order chi connectivity index (χ0) is 56.0. The fourth-order valence-corrected chi connectivity index (χ4v) is 4.22. The molecule has 0 aromatic carbocycles. The second kappa shape index (κ2) is 35.2. The normalized spacial score (nSPS) is 13.0. The van der Waals surface area contributed by atoms with Crippen LogP contribution in [-0.4, -0.2) is 153 Å². The molecule has 0 aromatic rings. The number of amides is 6. The fraction of sp³-hybridized carbons (Fsp3) is 0.826. The first-order chi connectivity index (χ1) is 31.0. The topological polar surface area (TPSA) is 288 Å². The number of aliphatic carboxylic acids is 1. The number of hydroxylamine groups is 5. The molecule has 0 heterocycles. The summed E-state index contributed by atoms with van der Waals surface area (Å²) in [5.41, 5.74) is 0.0856. The van der Waals surface area contributed by atoms with Crippen LogP contribution in [0.25, 0.3) is 0 Å². The molecule has 6 amide bonds. The highest BCUT2D eigenvalue weighted by Gasteiger charge is 2.31. The van der Waals surface area contributed by atoms with Gasteiger partial charge in [-0.05, 0) is 107 Å². The van der Waals surface area contributed by atoms with Crippen molar-refractivity contribution in [2.45, 2.75) is 185 Å². The zero-order valence-electron chi connectivity index (χ0n) is 46.7. The number of aldehydes is 1. The Morgan fingerprint density at radius 2 is 0.696 bits per heavy atom. The second-order valence-electron chi connectivity index (χ2n) is 20.4. The van der Waals surface area contributed by atoms with Crippen LogP contribution in [0.1, 0.15) is 138 Å². The minimum atomic E-state index is -1.06. The number of carboxylic acid groups (broad SMARTS) is 1. The van der Waals surface area contributed by atoms with Gasteiger partial charge in [-0.15, -0.1) is 0 Å². The molecule has 0 aliphatic rings. The summed E-state index contributed by atoms with van der Waals surface area (Å²) in [6.07, 6.45) is -1.76. The van der Waals surface area contributed by atoms with Gasteiger partial charge in [0.05, 0.1) is 27.4 Å². The average molecular weight is 1000 g/mol. The van der Waals surface area contributed by atoms with Crippen molar-refractivity contribution in [2.75, 3.05) is 42.5 Å². The molecule has 4 atom stereocenters. The Hall–Kier alpha value is -5.00. The summed E-state index contributed by atoms with van der Waals surface area (Å²) in [5, 5.41) is 20.9. The molecule has 408 valence electrons. The zero-order valence-corrected chi connectivity index (χ0v) is 46.7. The Morgan fingerprint density at radius 3 is 0.855 bits per heavy atom. The van der Waals surface area contributed by atoms with Crippen LogP contribution in [0.2, 0.25) is 0 Å². The summed E-state index contributed by atoms with van der Waals surface area (Å²) < 4.78 is 20.2. The molecule has 0 radical (unpaired) electrons. The number of carbonyl (C=O) groups excluding carboxylic acids is 7. The van der Waals surface area contributed by atoms with Crippen molar-refractivity contribution < 1.29 is 76.9 Å². The quantitative estimate of drug-likeness (QED) is 0.0602. The van der Waals surface area contributed by atoms with E-state index in [2.05, 4.69) is 31.6 Å². The van der Waals surface area contributed by atoms with Crippen LogP contribution in [0.15, 0.2) is 0 Å². The Kier molecular flexibility index (Phi) is 37.2. The predicted molar refractivity (Wildman–Crippen MR) is 261 cm³/mol. The SMILES string of the molecule is CC(C)[C@@H](C=O)NC(=O)OC(C)(C)C.CC(C)[C@H](NC(=O)OC(C)(C)C)C(=O)O.CNOC.CON(C)C(=O)[C@@H](NC(=O)OC(C)(C)C)C(C)C.CON(C)C(=O)[C@@H](NC(=O)OC(C)(C)C)C(C)C. The summed E-state index contributed by atoms with van der Waals surface area (Å²) >= 11 is 0. The third kappa shape index (κ3) is 42.8. The summed E-state index contributed by atoms with van der Waals surface area (Å²) in [6.45, 7) is 35.6. The average Bonchev–Trinajstić information content (AvgIpc) is 3.16. The van der Waals surface area contributed by atoms with E-state index in [1.165, 1.54) is 28.3 Å². The van der Waals surface area contributed by atoms with Gasteiger partial charge in [0.1, 0.15) is 46.8 Å². The summed E-state index contributed by atoms with van der Waals surface area (Å²) in [4.78, 5) is 105. The number of alkyl carbamates (subject to hydrolysis) is 4. The number of hydrogen-bond donors (Lipinski definition) is 6. The van der Waals surface area contributed by atoms with Crippen molar-refractivity contribution in [1.82, 2.24) is 36.9 Å². The van der Waals surface area contributed by atoms with Crippen LogP contribution in [-0.2, 0) is 52.6 Å². The first-order valence-electron chi connectivity index (χ1n) is 22.5. The van der Waals surface area contributed by atoms with Crippen LogP contribution in [0, 0.1) is 23.7 Å². The molecule has 0 rings (SSSR count). The summed E-state index contributed by atoms with van der Waals surface area (Å²) in [5.74, 6) is -1.95. The first-order valence-corrected chi connectivity index (χ1v) is 22.5. The second-order valence-corrected chi connectivity index (χ2v) is 20.4. The van der Waals surface area contributed by atoms with Gasteiger partial charge in [-0.3, -0.25) is 19.3 Å². The van der Waals surface area contributed by atoms with Gasteiger partial charge in [0.15, 0.2) is 0 Å². The third-order valence-corrected chi connectivity index (χ3v) is 7.74. The van der Waals surface area contributed by atoms with Gasteiger partial charge in [0, 0.05) is 21.1 Å². The van der Waals surface area contributed by atoms with E-state index >= 15 is 0 Å². The first kappa shape index (κ1) is 73.0. The lowest BCUT2D eigenvalue weighted by atomic mass is 10.0. The van der Waals surface area contributed by atoms with Gasteiger partial charge < -0.3 is 55.0 Å². The van der Waals surface area contributed by atoms with Crippen LogP contribution >= 0.6 is 0 Å². The molecule has 0 aromatic heterocycles. The minimum absolute atomic E-state index is 0.0670. The minimum Gasteiger partial charge on any atom is -0.480 e. The highest BCUT2D eigenvalue weighted by molar-refractivity contribution is 5.86. The molecule has 0 aliphatic carbocycles. The smallest absolute Gasteiger partial charge is 0.408 e. The van der Waals surface area contributed by atoms with Gasteiger partial charge in [-0.1, -0.05) is 55.4 Å².